The number of anilines is 1. The number of allylic oxidation sites excluding steroid dienone is 2. The van der Waals surface area contributed by atoms with Gasteiger partial charge in [-0.2, -0.15) is 0 Å². The first-order chi connectivity index (χ1) is 11.7. The van der Waals surface area contributed by atoms with Crippen molar-refractivity contribution in [2.24, 2.45) is 5.92 Å². The maximum atomic E-state index is 12.1. The van der Waals surface area contributed by atoms with Crippen LogP contribution in [-0.4, -0.2) is 24.3 Å². The molecular weight excluding hydrogens is 339 g/mol. The molecule has 1 aromatic rings. The molecule has 0 saturated heterocycles. The van der Waals surface area contributed by atoms with E-state index < -0.39 is 30.1 Å². The fraction of sp³-hybridized carbons (Fsp3) is 0.412. The Balaban J connectivity index is 1.86. The number of ether oxygens (including phenoxy) is 2. The molecule has 0 unspecified atom stereocenters. The zero-order chi connectivity index (χ0) is 18.4. The highest BCUT2D eigenvalue weighted by Gasteiger charge is 2.31. The van der Waals surface area contributed by atoms with Gasteiger partial charge in [-0.15, -0.1) is 13.2 Å². The lowest BCUT2D eigenvalue weighted by atomic mass is 9.95. The molecule has 1 aliphatic carbocycles. The number of esters is 1. The Morgan fingerprint density at radius 2 is 1.88 bits per heavy atom. The van der Waals surface area contributed by atoms with Crippen LogP contribution in [0.1, 0.15) is 26.2 Å². The highest BCUT2D eigenvalue weighted by atomic mass is 19.4. The number of nitrogens with one attached hydrogen (secondary N) is 1. The molecule has 136 valence electrons. The van der Waals surface area contributed by atoms with Gasteiger partial charge in [0.05, 0.1) is 5.92 Å². The van der Waals surface area contributed by atoms with Crippen LogP contribution in [-0.2, 0) is 14.3 Å². The summed E-state index contributed by atoms with van der Waals surface area (Å²) in [6, 6.07) is 4.68. The number of hydrogen-bond donors (Lipinski definition) is 1. The maximum absolute atomic E-state index is 12.1. The van der Waals surface area contributed by atoms with Gasteiger partial charge in [0, 0.05) is 5.69 Å². The molecule has 2 atom stereocenters. The Bertz CT molecular complexity index is 640. The van der Waals surface area contributed by atoms with E-state index in [-0.39, 0.29) is 11.6 Å². The molecule has 0 saturated carbocycles. The zero-order valence-corrected chi connectivity index (χ0v) is 13.5. The minimum absolute atomic E-state index is 0.251. The summed E-state index contributed by atoms with van der Waals surface area (Å²) in [5.74, 6) is -1.64. The molecule has 1 N–H and O–H groups in total. The van der Waals surface area contributed by atoms with Crippen molar-refractivity contribution in [2.45, 2.75) is 38.7 Å². The van der Waals surface area contributed by atoms with E-state index >= 15 is 0 Å². The van der Waals surface area contributed by atoms with Crippen molar-refractivity contribution in [3.05, 3.63) is 36.4 Å². The van der Waals surface area contributed by atoms with E-state index in [9.17, 15) is 22.8 Å². The Kier molecular flexibility index (Phi) is 6.06. The Morgan fingerprint density at radius 1 is 1.20 bits per heavy atom. The molecule has 1 amide bonds. The van der Waals surface area contributed by atoms with E-state index in [2.05, 4.69) is 10.1 Å². The van der Waals surface area contributed by atoms with Crippen LogP contribution >= 0.6 is 0 Å². The summed E-state index contributed by atoms with van der Waals surface area (Å²) in [4.78, 5) is 24.0. The second-order valence-corrected chi connectivity index (χ2v) is 5.62. The van der Waals surface area contributed by atoms with Crippen molar-refractivity contribution in [3.63, 3.8) is 0 Å². The summed E-state index contributed by atoms with van der Waals surface area (Å²) in [6.45, 7) is 1.44. The van der Waals surface area contributed by atoms with E-state index in [1.807, 2.05) is 12.2 Å². The van der Waals surface area contributed by atoms with Crippen LogP contribution in [0.5, 0.6) is 5.75 Å². The zero-order valence-electron chi connectivity index (χ0n) is 13.5. The van der Waals surface area contributed by atoms with Gasteiger partial charge in [0.1, 0.15) is 5.75 Å². The molecular formula is C17H18F3NO4. The summed E-state index contributed by atoms with van der Waals surface area (Å²) in [5.41, 5.74) is 0.267. The first-order valence-corrected chi connectivity index (χ1v) is 7.77. The van der Waals surface area contributed by atoms with Gasteiger partial charge < -0.3 is 14.8 Å². The van der Waals surface area contributed by atoms with Crippen molar-refractivity contribution in [1.82, 2.24) is 0 Å². The molecule has 1 aliphatic rings. The number of carbonyl (C=O) groups is 2. The monoisotopic (exact) mass is 357 g/mol. The second kappa shape index (κ2) is 8.04. The minimum Gasteiger partial charge on any atom is -0.452 e. The average Bonchev–Trinajstić information content (AvgIpc) is 2.56. The minimum atomic E-state index is -4.78. The van der Waals surface area contributed by atoms with Gasteiger partial charge in [0.25, 0.3) is 5.91 Å². The summed E-state index contributed by atoms with van der Waals surface area (Å²) in [7, 11) is 0. The number of rotatable bonds is 5. The van der Waals surface area contributed by atoms with Gasteiger partial charge in [-0.1, -0.05) is 12.2 Å². The number of amides is 1. The van der Waals surface area contributed by atoms with Crippen LogP contribution in [0.3, 0.4) is 0 Å². The van der Waals surface area contributed by atoms with Crippen LogP contribution in [0.2, 0.25) is 0 Å². The van der Waals surface area contributed by atoms with E-state index in [0.717, 1.165) is 18.6 Å². The smallest absolute Gasteiger partial charge is 0.452 e. The van der Waals surface area contributed by atoms with Crippen LogP contribution in [0, 0.1) is 5.92 Å². The van der Waals surface area contributed by atoms with Gasteiger partial charge in [0.2, 0.25) is 0 Å². The van der Waals surface area contributed by atoms with Crippen molar-refractivity contribution in [1.29, 1.82) is 0 Å². The lowest BCUT2D eigenvalue weighted by molar-refractivity contribution is -0.274. The summed E-state index contributed by atoms with van der Waals surface area (Å²) < 4.78 is 45.2. The molecule has 5 nitrogen and oxygen atoms in total. The highest BCUT2D eigenvalue weighted by molar-refractivity contribution is 5.95. The SMILES string of the molecule is C[C@@H](OC(=O)[C@H]1CC=CCC1)C(=O)Nc1ccc(OC(F)(F)F)cc1. The van der Waals surface area contributed by atoms with Gasteiger partial charge in [-0.3, -0.25) is 9.59 Å². The molecule has 0 heterocycles. The third kappa shape index (κ3) is 6.13. The Hall–Kier alpha value is -2.51. The molecule has 0 aromatic heterocycles. The highest BCUT2D eigenvalue weighted by Crippen LogP contribution is 2.24. The summed E-state index contributed by atoms with van der Waals surface area (Å²) in [5, 5.41) is 2.47. The van der Waals surface area contributed by atoms with Crippen molar-refractivity contribution in [2.75, 3.05) is 5.32 Å². The molecule has 0 aliphatic heterocycles. The number of halogens is 3. The second-order valence-electron chi connectivity index (χ2n) is 5.62. The fourth-order valence-corrected chi connectivity index (χ4v) is 2.32. The van der Waals surface area contributed by atoms with Crippen molar-refractivity contribution in [3.8, 4) is 5.75 Å². The van der Waals surface area contributed by atoms with E-state index in [1.54, 1.807) is 0 Å². The molecule has 2 rings (SSSR count). The van der Waals surface area contributed by atoms with E-state index in [1.165, 1.54) is 19.1 Å². The first-order valence-electron chi connectivity index (χ1n) is 7.77. The lowest BCUT2D eigenvalue weighted by Gasteiger charge is -2.19. The number of hydrogen-bond acceptors (Lipinski definition) is 4. The quantitative estimate of drug-likeness (QED) is 0.643. The summed E-state index contributed by atoms with van der Waals surface area (Å²) in [6.07, 6.45) is 0.188. The fourth-order valence-electron chi connectivity index (χ4n) is 2.32. The van der Waals surface area contributed by atoms with Gasteiger partial charge in [0.15, 0.2) is 6.10 Å². The number of carbonyl (C=O) groups excluding carboxylic acids is 2. The predicted octanol–water partition coefficient (Wildman–Crippen LogP) is 3.81. The van der Waals surface area contributed by atoms with E-state index in [4.69, 9.17) is 4.74 Å². The summed E-state index contributed by atoms with van der Waals surface area (Å²) >= 11 is 0. The molecule has 8 heteroatoms. The van der Waals surface area contributed by atoms with Crippen LogP contribution in [0.25, 0.3) is 0 Å². The largest absolute Gasteiger partial charge is 0.573 e. The van der Waals surface area contributed by atoms with Gasteiger partial charge in [-0.05, 0) is 50.5 Å². The molecule has 0 radical (unpaired) electrons. The van der Waals surface area contributed by atoms with Crippen LogP contribution < -0.4 is 10.1 Å². The standard InChI is InChI=1S/C17H18F3NO4/c1-11(24-16(23)12-5-3-2-4-6-12)15(22)21-13-7-9-14(10-8-13)25-17(18,19)20/h2-3,7-12H,4-6H2,1H3,(H,21,22)/t11-,12+/m1/s1. The third-order valence-electron chi connectivity index (χ3n) is 3.62. The van der Waals surface area contributed by atoms with Gasteiger partial charge in [-0.25, -0.2) is 0 Å². The molecule has 0 fully saturated rings. The normalized spacial score (nSPS) is 18.3. The average molecular weight is 357 g/mol. The van der Waals surface area contributed by atoms with Crippen molar-refractivity contribution >= 4 is 17.6 Å². The van der Waals surface area contributed by atoms with Crippen molar-refractivity contribution < 1.29 is 32.2 Å². The predicted molar refractivity (Wildman–Crippen MR) is 83.8 cm³/mol. The molecule has 1 aromatic carbocycles. The Morgan fingerprint density at radius 3 is 2.44 bits per heavy atom. The number of alkyl halides is 3. The molecule has 25 heavy (non-hydrogen) atoms. The third-order valence-corrected chi connectivity index (χ3v) is 3.62. The van der Waals surface area contributed by atoms with Gasteiger partial charge >= 0.3 is 12.3 Å². The van der Waals surface area contributed by atoms with E-state index in [0.29, 0.717) is 12.8 Å². The molecule has 0 bridgehead atoms. The first kappa shape index (κ1) is 18.8. The van der Waals surface area contributed by atoms with Crippen LogP contribution in [0.4, 0.5) is 18.9 Å². The topological polar surface area (TPSA) is 64.6 Å². The number of benzene rings is 1. The maximum Gasteiger partial charge on any atom is 0.573 e. The Labute approximate surface area is 142 Å². The lowest BCUT2D eigenvalue weighted by Crippen LogP contribution is -2.32. The van der Waals surface area contributed by atoms with Crippen LogP contribution in [0.15, 0.2) is 36.4 Å². The molecule has 0 spiro atoms.